The van der Waals surface area contributed by atoms with Crippen molar-refractivity contribution >= 4 is 45.1 Å². The number of piperidine rings is 2. The topological polar surface area (TPSA) is 201 Å². The average molecular weight is 932 g/mol. The number of carbonyl (C=O) groups excluding carboxylic acids is 2. The van der Waals surface area contributed by atoms with Crippen LogP contribution in [0.2, 0.25) is 0 Å². The minimum atomic E-state index is -1.35. The average Bonchev–Trinajstić information content (AvgIpc) is 3.96. The molecule has 4 saturated heterocycles. The number of nitrogens with zero attached hydrogens (tertiary/aromatic N) is 10. The van der Waals surface area contributed by atoms with Gasteiger partial charge in [-0.3, -0.25) is 24.3 Å². The quantitative estimate of drug-likeness (QED) is 0.154. The van der Waals surface area contributed by atoms with Gasteiger partial charge in [0.05, 0.1) is 34.6 Å². The number of thiophene rings is 1. The second-order valence-electron chi connectivity index (χ2n) is 19.2. The van der Waals surface area contributed by atoms with Crippen LogP contribution in [0.15, 0.2) is 48.8 Å². The number of aromatic hydroxyl groups is 2. The van der Waals surface area contributed by atoms with Crippen molar-refractivity contribution in [1.29, 1.82) is 0 Å². The van der Waals surface area contributed by atoms with Gasteiger partial charge in [0.25, 0.3) is 11.8 Å². The first-order chi connectivity index (χ1) is 32.4. The molecule has 67 heavy (non-hydrogen) atoms. The van der Waals surface area contributed by atoms with Gasteiger partial charge in [0.2, 0.25) is 5.95 Å². The third-order valence-electron chi connectivity index (χ3n) is 14.5. The maximum Gasteiger partial charge on any atom is 0.258 e. The number of phenolic OH excluding ortho intramolecular Hbond substituents is 2. The van der Waals surface area contributed by atoms with Crippen LogP contribution in [-0.4, -0.2) is 162 Å². The lowest BCUT2D eigenvalue weighted by molar-refractivity contribution is -0.158. The highest BCUT2D eigenvalue weighted by atomic mass is 32.1. The highest BCUT2D eigenvalue weighted by molar-refractivity contribution is 7.19. The first-order valence-corrected chi connectivity index (χ1v) is 24.6. The standard InChI is InChI=1S/C49H61N11O6S/c1-31(2)38-23-39(42(62)24-41(38)61)46(63)60-28-33-4-3-32(21-34(33)29-60)27-55-9-5-36(6-10-55)57-13-15-59(16-14-57)47(64)49(65)7-11-56(12-8-49)30-37-22-40-43(67-37)45(58-17-19-66-20-18-58)54-44(53-40)35-25-51-48(50)52-26-35/h3-4,21-26,31,36,61-62,65H,5-20,27-30H2,1-2H3,(H2,50,51,52). The van der Waals surface area contributed by atoms with E-state index >= 15 is 0 Å². The summed E-state index contributed by atoms with van der Waals surface area (Å²) in [7, 11) is 0. The molecule has 354 valence electrons. The molecular weight excluding hydrogens is 871 g/mol. The summed E-state index contributed by atoms with van der Waals surface area (Å²) in [4.78, 5) is 60.1. The van der Waals surface area contributed by atoms with Gasteiger partial charge in [0.15, 0.2) is 11.6 Å². The maximum atomic E-state index is 13.9. The molecule has 0 saturated carbocycles. The molecule has 0 aliphatic carbocycles. The normalized spacial score (nSPS) is 20.0. The number of aromatic nitrogens is 4. The van der Waals surface area contributed by atoms with E-state index in [1.165, 1.54) is 11.6 Å². The molecule has 0 spiro atoms. The Balaban J connectivity index is 0.684. The van der Waals surface area contributed by atoms with E-state index in [9.17, 15) is 24.9 Å². The summed E-state index contributed by atoms with van der Waals surface area (Å²) in [6.07, 6.45) is 6.24. The van der Waals surface area contributed by atoms with Gasteiger partial charge < -0.3 is 40.5 Å². The SMILES string of the molecule is CC(C)c1cc(C(=O)N2Cc3ccc(CN4CCC(N5CCN(C(=O)C6(O)CCN(Cc7cc8nc(-c9cnc(N)nc9)nc(N9CCOCC9)c8s7)CC6)CC5)CC4)cc3C2)c(O)cc1O. The number of amides is 2. The van der Waals surface area contributed by atoms with Crippen LogP contribution in [0.3, 0.4) is 0 Å². The Morgan fingerprint density at radius 2 is 1.52 bits per heavy atom. The van der Waals surface area contributed by atoms with E-state index in [-0.39, 0.29) is 40.7 Å². The minimum Gasteiger partial charge on any atom is -0.508 e. The number of aliphatic hydroxyl groups is 1. The first-order valence-electron chi connectivity index (χ1n) is 23.7. The molecule has 8 heterocycles. The molecule has 17 nitrogen and oxygen atoms in total. The molecule has 10 rings (SSSR count). The van der Waals surface area contributed by atoms with Crippen molar-refractivity contribution in [3.8, 4) is 22.9 Å². The van der Waals surface area contributed by atoms with Gasteiger partial charge >= 0.3 is 0 Å². The molecule has 3 aromatic heterocycles. The largest absolute Gasteiger partial charge is 0.508 e. The molecule has 5 N–H and O–H groups in total. The van der Waals surface area contributed by atoms with Crippen molar-refractivity contribution in [3.05, 3.63) is 81.5 Å². The van der Waals surface area contributed by atoms with Gasteiger partial charge in [-0.1, -0.05) is 32.0 Å². The molecule has 2 amide bonds. The number of benzene rings is 2. The molecule has 5 aliphatic rings. The fourth-order valence-corrected chi connectivity index (χ4v) is 11.7. The number of piperazine rings is 1. The molecule has 0 bridgehead atoms. The van der Waals surface area contributed by atoms with Gasteiger partial charge in [0, 0.05) is 108 Å². The molecule has 18 heteroatoms. The van der Waals surface area contributed by atoms with Crippen LogP contribution in [0.5, 0.6) is 11.5 Å². The van der Waals surface area contributed by atoms with Crippen molar-refractivity contribution < 1.29 is 29.6 Å². The summed E-state index contributed by atoms with van der Waals surface area (Å²) in [5.74, 6) is 1.08. The lowest BCUT2D eigenvalue weighted by Gasteiger charge is -2.45. The minimum absolute atomic E-state index is 0.000271. The summed E-state index contributed by atoms with van der Waals surface area (Å²) in [5.41, 5.74) is 10.3. The van der Waals surface area contributed by atoms with E-state index in [1.807, 2.05) is 18.7 Å². The van der Waals surface area contributed by atoms with Crippen LogP contribution in [0.1, 0.15) is 82.9 Å². The van der Waals surface area contributed by atoms with Gasteiger partial charge in [-0.25, -0.2) is 19.9 Å². The lowest BCUT2D eigenvalue weighted by Crippen LogP contribution is -2.60. The van der Waals surface area contributed by atoms with Crippen molar-refractivity contribution in [2.45, 2.75) is 83.3 Å². The Kier molecular flexibility index (Phi) is 12.8. The number of nitrogens with two attached hydrogens (primary N) is 1. The van der Waals surface area contributed by atoms with Crippen molar-refractivity contribution in [3.63, 3.8) is 0 Å². The van der Waals surface area contributed by atoms with E-state index < -0.39 is 5.60 Å². The highest BCUT2D eigenvalue weighted by Gasteiger charge is 2.43. The van der Waals surface area contributed by atoms with E-state index in [2.05, 4.69) is 53.8 Å². The second kappa shape index (κ2) is 18.9. The summed E-state index contributed by atoms with van der Waals surface area (Å²) < 4.78 is 6.66. The number of fused-ring (bicyclic) bond motifs is 2. The Hall–Kier alpha value is -5.50. The Bertz CT molecular complexity index is 2610. The van der Waals surface area contributed by atoms with Crippen LogP contribution < -0.4 is 10.6 Å². The monoisotopic (exact) mass is 931 g/mol. The highest BCUT2D eigenvalue weighted by Crippen LogP contribution is 2.37. The van der Waals surface area contributed by atoms with Crippen LogP contribution in [0.25, 0.3) is 21.6 Å². The molecule has 5 aromatic rings. The first kappa shape index (κ1) is 45.3. The van der Waals surface area contributed by atoms with Gasteiger partial charge in [0.1, 0.15) is 17.1 Å². The molecule has 5 aliphatic heterocycles. The van der Waals surface area contributed by atoms with E-state index in [4.69, 9.17) is 20.4 Å². The molecule has 0 atom stereocenters. The maximum absolute atomic E-state index is 13.9. The molecule has 2 aromatic carbocycles. The zero-order chi connectivity index (χ0) is 46.4. The summed E-state index contributed by atoms with van der Waals surface area (Å²) in [6, 6.07) is 12.0. The number of morpholine rings is 1. The fourth-order valence-electron chi connectivity index (χ4n) is 10.5. The number of hydrogen-bond donors (Lipinski definition) is 4. The predicted octanol–water partition coefficient (Wildman–Crippen LogP) is 4.39. The number of phenols is 2. The van der Waals surface area contributed by atoms with Gasteiger partial charge in [-0.05, 0) is 79.1 Å². The fraction of sp³-hybridized carbons (Fsp3) is 0.510. The molecule has 0 radical (unpaired) electrons. The van der Waals surface area contributed by atoms with E-state index in [0.717, 1.165) is 90.7 Å². The van der Waals surface area contributed by atoms with Crippen molar-refractivity contribution in [1.82, 2.24) is 44.4 Å². The molecule has 4 fully saturated rings. The zero-order valence-corrected chi connectivity index (χ0v) is 39.3. The van der Waals surface area contributed by atoms with Crippen LogP contribution in [-0.2, 0) is 35.7 Å². The van der Waals surface area contributed by atoms with Crippen molar-refractivity contribution in [2.24, 2.45) is 0 Å². The smallest absolute Gasteiger partial charge is 0.258 e. The third-order valence-corrected chi connectivity index (χ3v) is 15.6. The number of anilines is 2. The number of hydrogen-bond acceptors (Lipinski definition) is 16. The third kappa shape index (κ3) is 9.52. The van der Waals surface area contributed by atoms with Gasteiger partial charge in [-0.2, -0.15) is 0 Å². The van der Waals surface area contributed by atoms with Crippen LogP contribution in [0.4, 0.5) is 11.8 Å². The second-order valence-corrected chi connectivity index (χ2v) is 20.4. The summed E-state index contributed by atoms with van der Waals surface area (Å²) >= 11 is 1.70. The number of rotatable bonds is 10. The zero-order valence-electron chi connectivity index (χ0n) is 38.4. The number of nitrogen functional groups attached to an aromatic ring is 1. The number of carbonyl (C=O) groups is 2. The van der Waals surface area contributed by atoms with Crippen LogP contribution >= 0.6 is 11.3 Å². The van der Waals surface area contributed by atoms with E-state index in [0.29, 0.717) is 94.9 Å². The van der Waals surface area contributed by atoms with E-state index in [1.54, 1.807) is 34.7 Å². The lowest BCUT2D eigenvalue weighted by atomic mass is 9.89. The Morgan fingerprint density at radius 3 is 2.24 bits per heavy atom. The van der Waals surface area contributed by atoms with Gasteiger partial charge in [-0.15, -0.1) is 11.3 Å². The molecular formula is C49H61N11O6S. The number of ether oxygens (including phenoxy) is 1. The summed E-state index contributed by atoms with van der Waals surface area (Å²) in [5, 5.41) is 32.6. The number of likely N-dealkylation sites (tertiary alicyclic amines) is 2. The Labute approximate surface area is 394 Å². The van der Waals surface area contributed by atoms with Crippen LogP contribution in [0, 0.1) is 0 Å². The summed E-state index contributed by atoms with van der Waals surface area (Å²) in [6.45, 7) is 15.3. The predicted molar refractivity (Wildman–Crippen MR) is 256 cm³/mol. The Morgan fingerprint density at radius 1 is 0.821 bits per heavy atom. The van der Waals surface area contributed by atoms with Crippen molar-refractivity contribution in [2.75, 3.05) is 89.3 Å². The molecule has 0 unspecified atom stereocenters.